The summed E-state index contributed by atoms with van der Waals surface area (Å²) >= 11 is 3.42. The molecule has 0 aliphatic heterocycles. The first kappa shape index (κ1) is 11.7. The fraction of sp³-hybridized carbons (Fsp3) is 0.154. The van der Waals surface area contributed by atoms with Gasteiger partial charge in [0.25, 0.3) is 0 Å². The summed E-state index contributed by atoms with van der Waals surface area (Å²) in [5, 5.41) is 3.75. The van der Waals surface area contributed by atoms with Crippen LogP contribution in [0.25, 0.3) is 10.9 Å². The van der Waals surface area contributed by atoms with Crippen LogP contribution in [-0.2, 0) is 11.3 Å². The van der Waals surface area contributed by atoms with Gasteiger partial charge in [0.15, 0.2) is 0 Å². The number of carbonyl (C=O) groups excluding carboxylic acids is 1. The molecule has 86 valence electrons. The molecule has 3 nitrogen and oxygen atoms in total. The van der Waals surface area contributed by atoms with Crippen LogP contribution in [-0.4, -0.2) is 17.0 Å². The average molecular weight is 291 g/mol. The summed E-state index contributed by atoms with van der Waals surface area (Å²) in [5.41, 5.74) is 1.02. The number of carbonyl (C=O) groups is 1. The summed E-state index contributed by atoms with van der Waals surface area (Å²) in [7, 11) is 0. The second kappa shape index (κ2) is 5.07. The predicted octanol–water partition coefficient (Wildman–Crippen LogP) is 2.15. The summed E-state index contributed by atoms with van der Waals surface area (Å²) < 4.78 is 2.89. The maximum atomic E-state index is 11.6. The Balaban J connectivity index is 2.22. The van der Waals surface area contributed by atoms with E-state index < -0.39 is 0 Å². The van der Waals surface area contributed by atoms with E-state index in [9.17, 15) is 4.79 Å². The van der Waals surface area contributed by atoms with Crippen LogP contribution in [0.1, 0.15) is 0 Å². The average Bonchev–Trinajstić information content (AvgIpc) is 2.69. The SMILES string of the molecule is C#CCNC(=O)Cn1ccc2ccc(Br)cc21. The fourth-order valence-corrected chi connectivity index (χ4v) is 2.00. The molecule has 1 aromatic heterocycles. The van der Waals surface area contributed by atoms with Gasteiger partial charge < -0.3 is 9.88 Å². The van der Waals surface area contributed by atoms with Crippen LogP contribution in [0.4, 0.5) is 0 Å². The van der Waals surface area contributed by atoms with Gasteiger partial charge in [-0.3, -0.25) is 4.79 Å². The van der Waals surface area contributed by atoms with Crippen molar-refractivity contribution < 1.29 is 4.79 Å². The Labute approximate surface area is 108 Å². The quantitative estimate of drug-likeness (QED) is 0.864. The summed E-state index contributed by atoms with van der Waals surface area (Å²) in [4.78, 5) is 11.6. The third kappa shape index (κ3) is 2.69. The van der Waals surface area contributed by atoms with Crippen molar-refractivity contribution in [2.75, 3.05) is 6.54 Å². The number of hydrogen-bond donors (Lipinski definition) is 1. The van der Waals surface area contributed by atoms with Crippen LogP contribution >= 0.6 is 15.9 Å². The Morgan fingerprint density at radius 3 is 3.06 bits per heavy atom. The van der Waals surface area contributed by atoms with Gasteiger partial charge in [0.05, 0.1) is 6.54 Å². The van der Waals surface area contributed by atoms with E-state index in [-0.39, 0.29) is 19.0 Å². The molecule has 0 saturated carbocycles. The highest BCUT2D eigenvalue weighted by Gasteiger charge is 2.05. The molecule has 2 aromatic rings. The van der Waals surface area contributed by atoms with E-state index in [2.05, 4.69) is 27.2 Å². The Morgan fingerprint density at radius 1 is 1.47 bits per heavy atom. The molecule has 4 heteroatoms. The van der Waals surface area contributed by atoms with Crippen molar-refractivity contribution >= 4 is 32.7 Å². The number of benzene rings is 1. The van der Waals surface area contributed by atoms with E-state index in [0.717, 1.165) is 15.4 Å². The number of nitrogens with one attached hydrogen (secondary N) is 1. The van der Waals surface area contributed by atoms with Crippen LogP contribution in [0.2, 0.25) is 0 Å². The molecule has 0 aliphatic carbocycles. The number of terminal acetylenes is 1. The number of amides is 1. The number of hydrogen-bond acceptors (Lipinski definition) is 1. The zero-order chi connectivity index (χ0) is 12.3. The minimum atomic E-state index is -0.0829. The van der Waals surface area contributed by atoms with Crippen molar-refractivity contribution in [1.29, 1.82) is 0 Å². The van der Waals surface area contributed by atoms with E-state index in [0.29, 0.717) is 0 Å². The smallest absolute Gasteiger partial charge is 0.240 e. The second-order valence-electron chi connectivity index (χ2n) is 3.63. The van der Waals surface area contributed by atoms with Crippen molar-refractivity contribution in [2.45, 2.75) is 6.54 Å². The van der Waals surface area contributed by atoms with E-state index in [1.54, 1.807) is 0 Å². The predicted molar refractivity (Wildman–Crippen MR) is 71.5 cm³/mol. The van der Waals surface area contributed by atoms with Crippen LogP contribution in [0.15, 0.2) is 34.9 Å². The molecule has 0 radical (unpaired) electrons. The van der Waals surface area contributed by atoms with Crippen molar-refractivity contribution in [3.05, 3.63) is 34.9 Å². The Morgan fingerprint density at radius 2 is 2.29 bits per heavy atom. The molecule has 0 unspecified atom stereocenters. The van der Waals surface area contributed by atoms with Gasteiger partial charge in [-0.1, -0.05) is 27.9 Å². The third-order valence-electron chi connectivity index (χ3n) is 2.44. The number of rotatable bonds is 3. The molecule has 2 rings (SSSR count). The monoisotopic (exact) mass is 290 g/mol. The Bertz CT molecular complexity index is 595. The standard InChI is InChI=1S/C13H11BrN2O/c1-2-6-15-13(17)9-16-7-5-10-3-4-11(14)8-12(10)16/h1,3-5,7-8H,6,9H2,(H,15,17). The third-order valence-corrected chi connectivity index (χ3v) is 2.93. The molecule has 1 amide bonds. The zero-order valence-electron chi connectivity index (χ0n) is 9.11. The number of nitrogens with zero attached hydrogens (tertiary/aromatic N) is 1. The minimum absolute atomic E-state index is 0.0829. The fourth-order valence-electron chi connectivity index (χ4n) is 1.66. The van der Waals surface area contributed by atoms with E-state index in [1.165, 1.54) is 0 Å². The van der Waals surface area contributed by atoms with Gasteiger partial charge in [0.1, 0.15) is 6.54 Å². The minimum Gasteiger partial charge on any atom is -0.344 e. The summed E-state index contributed by atoms with van der Waals surface area (Å²) in [6.45, 7) is 0.545. The second-order valence-corrected chi connectivity index (χ2v) is 4.54. The van der Waals surface area contributed by atoms with E-state index in [1.807, 2.05) is 35.0 Å². The zero-order valence-corrected chi connectivity index (χ0v) is 10.7. The lowest BCUT2D eigenvalue weighted by Crippen LogP contribution is -2.27. The molecular formula is C13H11BrN2O. The molecule has 0 saturated heterocycles. The molecular weight excluding hydrogens is 280 g/mol. The van der Waals surface area contributed by atoms with Crippen LogP contribution < -0.4 is 5.32 Å². The topological polar surface area (TPSA) is 34.0 Å². The van der Waals surface area contributed by atoms with Crippen LogP contribution in [0, 0.1) is 12.3 Å². The van der Waals surface area contributed by atoms with E-state index >= 15 is 0 Å². The lowest BCUT2D eigenvalue weighted by atomic mass is 10.2. The molecule has 17 heavy (non-hydrogen) atoms. The molecule has 0 fully saturated rings. The maximum absolute atomic E-state index is 11.6. The van der Waals surface area contributed by atoms with Gasteiger partial charge in [-0.25, -0.2) is 0 Å². The number of aromatic nitrogens is 1. The van der Waals surface area contributed by atoms with Gasteiger partial charge in [-0.15, -0.1) is 6.42 Å². The molecule has 0 spiro atoms. The molecule has 0 aliphatic rings. The van der Waals surface area contributed by atoms with E-state index in [4.69, 9.17) is 6.42 Å². The number of halogens is 1. The molecule has 1 N–H and O–H groups in total. The lowest BCUT2D eigenvalue weighted by molar-refractivity contribution is -0.121. The first-order valence-corrected chi connectivity index (χ1v) is 5.94. The largest absolute Gasteiger partial charge is 0.344 e. The molecule has 1 heterocycles. The summed E-state index contributed by atoms with van der Waals surface area (Å²) in [6, 6.07) is 7.96. The Kier molecular flexibility index (Phi) is 3.50. The first-order chi connectivity index (χ1) is 8.20. The van der Waals surface area contributed by atoms with Crippen LogP contribution in [0.3, 0.4) is 0 Å². The molecule has 1 aromatic carbocycles. The number of fused-ring (bicyclic) bond motifs is 1. The van der Waals surface area contributed by atoms with Crippen molar-refractivity contribution in [2.24, 2.45) is 0 Å². The van der Waals surface area contributed by atoms with Crippen molar-refractivity contribution in [3.63, 3.8) is 0 Å². The van der Waals surface area contributed by atoms with Gasteiger partial charge >= 0.3 is 0 Å². The summed E-state index contributed by atoms with van der Waals surface area (Å²) in [5.74, 6) is 2.29. The first-order valence-electron chi connectivity index (χ1n) is 5.15. The molecule has 0 bridgehead atoms. The van der Waals surface area contributed by atoms with Crippen molar-refractivity contribution in [1.82, 2.24) is 9.88 Å². The normalized spacial score (nSPS) is 10.1. The maximum Gasteiger partial charge on any atom is 0.240 e. The lowest BCUT2D eigenvalue weighted by Gasteiger charge is -2.05. The molecule has 0 atom stereocenters. The van der Waals surface area contributed by atoms with Gasteiger partial charge in [0, 0.05) is 16.2 Å². The summed E-state index contributed by atoms with van der Waals surface area (Å²) in [6.07, 6.45) is 6.98. The van der Waals surface area contributed by atoms with Crippen LogP contribution in [0.5, 0.6) is 0 Å². The van der Waals surface area contributed by atoms with Gasteiger partial charge in [-0.2, -0.15) is 0 Å². The highest BCUT2D eigenvalue weighted by atomic mass is 79.9. The highest BCUT2D eigenvalue weighted by Crippen LogP contribution is 2.20. The Hall–Kier alpha value is -1.73. The van der Waals surface area contributed by atoms with Gasteiger partial charge in [-0.05, 0) is 23.6 Å². The highest BCUT2D eigenvalue weighted by molar-refractivity contribution is 9.10. The van der Waals surface area contributed by atoms with Crippen molar-refractivity contribution in [3.8, 4) is 12.3 Å². The van der Waals surface area contributed by atoms with Gasteiger partial charge in [0.2, 0.25) is 5.91 Å².